The van der Waals surface area contributed by atoms with Crippen molar-refractivity contribution >= 4 is 17.3 Å². The number of methoxy groups -OCH3 is 1. The van der Waals surface area contributed by atoms with Gasteiger partial charge >= 0.3 is 0 Å². The fraction of sp³-hybridized carbons (Fsp3) is 0.250. The molecular formula is C20H22N2O3. The number of anilines is 2. The van der Waals surface area contributed by atoms with Gasteiger partial charge in [-0.1, -0.05) is 12.1 Å². The number of phenolic OH excluding ortho intramolecular Hbond substituents is 1. The van der Waals surface area contributed by atoms with Crippen LogP contribution >= 0.6 is 0 Å². The van der Waals surface area contributed by atoms with E-state index in [1.165, 1.54) is 0 Å². The number of phenols is 1. The minimum atomic E-state index is -0.665. The predicted octanol–water partition coefficient (Wildman–Crippen LogP) is 3.89. The lowest BCUT2D eigenvalue weighted by molar-refractivity contribution is -0.115. The zero-order valence-electron chi connectivity index (χ0n) is 14.9. The number of amides is 1. The first-order chi connectivity index (χ1) is 11.9. The molecule has 1 N–H and O–H groups in total. The molecule has 0 atom stereocenters. The highest BCUT2D eigenvalue weighted by molar-refractivity contribution is 6.06. The summed E-state index contributed by atoms with van der Waals surface area (Å²) in [5.74, 6) is 0.752. The molecule has 0 bridgehead atoms. The third-order valence-corrected chi connectivity index (χ3v) is 4.43. The number of allylic oxidation sites excluding steroid dienone is 1. The number of benzene rings is 2. The molecule has 0 spiro atoms. The summed E-state index contributed by atoms with van der Waals surface area (Å²) >= 11 is 0. The maximum absolute atomic E-state index is 12.8. The number of ether oxygens (including phenoxy) is 1. The van der Waals surface area contributed by atoms with Gasteiger partial charge in [-0.15, -0.1) is 0 Å². The molecule has 0 fully saturated rings. The minimum absolute atomic E-state index is 0.0953. The highest BCUT2D eigenvalue weighted by Gasteiger charge is 2.42. The van der Waals surface area contributed by atoms with E-state index in [9.17, 15) is 9.90 Å². The van der Waals surface area contributed by atoms with E-state index in [-0.39, 0.29) is 11.7 Å². The number of aromatic hydroxyl groups is 1. The Balaban J connectivity index is 2.15. The number of nitrogens with zero attached hydrogens (tertiary/aromatic N) is 2. The molecule has 130 valence electrons. The van der Waals surface area contributed by atoms with Crippen LogP contribution in [0.5, 0.6) is 11.5 Å². The molecule has 5 heteroatoms. The normalized spacial score (nSPS) is 16.6. The van der Waals surface area contributed by atoms with Gasteiger partial charge in [-0.05, 0) is 57.2 Å². The zero-order chi connectivity index (χ0) is 18.2. The molecule has 2 aromatic carbocycles. The summed E-state index contributed by atoms with van der Waals surface area (Å²) < 4.78 is 5.46. The average molecular weight is 338 g/mol. The summed E-state index contributed by atoms with van der Waals surface area (Å²) in [6.45, 7) is 5.88. The Morgan fingerprint density at radius 2 is 1.64 bits per heavy atom. The lowest BCUT2D eigenvalue weighted by Crippen LogP contribution is -2.61. The molecule has 0 saturated heterocycles. The lowest BCUT2D eigenvalue weighted by atomic mass is 10.0. The maximum Gasteiger partial charge on any atom is 0.254 e. The zero-order valence-corrected chi connectivity index (χ0v) is 14.9. The van der Waals surface area contributed by atoms with Crippen LogP contribution in [0.15, 0.2) is 60.3 Å². The van der Waals surface area contributed by atoms with Crippen molar-refractivity contribution in [2.75, 3.05) is 16.9 Å². The Kier molecular flexibility index (Phi) is 4.17. The van der Waals surface area contributed by atoms with Gasteiger partial charge in [-0.3, -0.25) is 9.69 Å². The van der Waals surface area contributed by atoms with Gasteiger partial charge < -0.3 is 14.7 Å². The predicted molar refractivity (Wildman–Crippen MR) is 98.9 cm³/mol. The Morgan fingerprint density at radius 1 is 1.00 bits per heavy atom. The SMILES string of the molecule is COc1ccccc1N1C(=O)C=C(C)N(c2ccc(O)cc2)C1(C)C. The third-order valence-electron chi connectivity index (χ3n) is 4.43. The Morgan fingerprint density at radius 3 is 2.28 bits per heavy atom. The second kappa shape index (κ2) is 6.16. The second-order valence-corrected chi connectivity index (χ2v) is 6.48. The summed E-state index contributed by atoms with van der Waals surface area (Å²) in [7, 11) is 1.60. The summed E-state index contributed by atoms with van der Waals surface area (Å²) in [4.78, 5) is 16.6. The highest BCUT2D eigenvalue weighted by Crippen LogP contribution is 2.41. The van der Waals surface area contributed by atoms with Gasteiger partial charge in [0.2, 0.25) is 0 Å². The van der Waals surface area contributed by atoms with Crippen molar-refractivity contribution in [2.24, 2.45) is 0 Å². The number of rotatable bonds is 3. The molecule has 5 nitrogen and oxygen atoms in total. The quantitative estimate of drug-likeness (QED) is 0.922. The van der Waals surface area contributed by atoms with Crippen LogP contribution in [0.3, 0.4) is 0 Å². The van der Waals surface area contributed by atoms with Gasteiger partial charge in [-0.25, -0.2) is 0 Å². The van der Waals surface area contributed by atoms with Crippen LogP contribution in [0.1, 0.15) is 20.8 Å². The third kappa shape index (κ3) is 2.82. The van der Waals surface area contributed by atoms with Crippen LogP contribution in [0.4, 0.5) is 11.4 Å². The largest absolute Gasteiger partial charge is 0.508 e. The van der Waals surface area contributed by atoms with Crippen LogP contribution in [0.2, 0.25) is 0 Å². The Bertz CT molecular complexity index is 825. The van der Waals surface area contributed by atoms with E-state index in [1.807, 2.05) is 57.2 Å². The topological polar surface area (TPSA) is 53.0 Å². The van der Waals surface area contributed by atoms with Gasteiger partial charge in [0.25, 0.3) is 5.91 Å². The first-order valence-corrected chi connectivity index (χ1v) is 8.11. The number of carbonyl (C=O) groups is 1. The molecule has 2 aromatic rings. The van der Waals surface area contributed by atoms with E-state index in [0.29, 0.717) is 11.4 Å². The van der Waals surface area contributed by atoms with Crippen molar-refractivity contribution in [2.45, 2.75) is 26.4 Å². The van der Waals surface area contributed by atoms with Crippen molar-refractivity contribution < 1.29 is 14.6 Å². The second-order valence-electron chi connectivity index (χ2n) is 6.48. The summed E-state index contributed by atoms with van der Waals surface area (Å²) in [5.41, 5.74) is 1.78. The number of hydrogen-bond acceptors (Lipinski definition) is 4. The van der Waals surface area contributed by atoms with Crippen LogP contribution in [-0.4, -0.2) is 23.8 Å². The number of carbonyl (C=O) groups excluding carboxylic acids is 1. The van der Waals surface area contributed by atoms with Gasteiger partial charge in [0.1, 0.15) is 17.2 Å². The number of hydrogen-bond donors (Lipinski definition) is 1. The minimum Gasteiger partial charge on any atom is -0.508 e. The molecule has 0 aromatic heterocycles. The molecular weight excluding hydrogens is 316 g/mol. The smallest absolute Gasteiger partial charge is 0.254 e. The fourth-order valence-corrected chi connectivity index (χ4v) is 3.46. The maximum atomic E-state index is 12.8. The molecule has 0 radical (unpaired) electrons. The lowest BCUT2D eigenvalue weighted by Gasteiger charge is -2.50. The van der Waals surface area contributed by atoms with Crippen LogP contribution in [0.25, 0.3) is 0 Å². The summed E-state index contributed by atoms with van der Waals surface area (Å²) in [6, 6.07) is 14.4. The first kappa shape index (κ1) is 16.9. The van der Waals surface area contributed by atoms with Crippen LogP contribution < -0.4 is 14.5 Å². The fourth-order valence-electron chi connectivity index (χ4n) is 3.46. The van der Waals surface area contributed by atoms with Gasteiger partial charge in [0, 0.05) is 17.5 Å². The average Bonchev–Trinajstić information content (AvgIpc) is 2.56. The molecule has 0 aliphatic carbocycles. The number of para-hydroxylation sites is 2. The first-order valence-electron chi connectivity index (χ1n) is 8.11. The highest BCUT2D eigenvalue weighted by atomic mass is 16.5. The standard InChI is InChI=1S/C20H22N2O3/c1-14-13-19(24)22(17-7-5-6-8-18(17)25-4)20(2,3)21(14)15-9-11-16(23)12-10-15/h5-13,23H,1-4H3. The van der Waals surface area contributed by atoms with E-state index in [2.05, 4.69) is 4.90 Å². The molecule has 25 heavy (non-hydrogen) atoms. The van der Waals surface area contributed by atoms with Crippen LogP contribution in [-0.2, 0) is 4.79 Å². The van der Waals surface area contributed by atoms with Crippen molar-refractivity contribution in [1.29, 1.82) is 0 Å². The van der Waals surface area contributed by atoms with Gasteiger partial charge in [0.15, 0.2) is 0 Å². The van der Waals surface area contributed by atoms with Crippen LogP contribution in [0, 0.1) is 0 Å². The molecule has 1 aliphatic heterocycles. The molecule has 1 amide bonds. The van der Waals surface area contributed by atoms with Crippen molar-refractivity contribution in [3.8, 4) is 11.5 Å². The molecule has 0 unspecified atom stereocenters. The molecule has 0 saturated carbocycles. The van der Waals surface area contributed by atoms with Crippen molar-refractivity contribution in [1.82, 2.24) is 0 Å². The van der Waals surface area contributed by atoms with Gasteiger partial charge in [-0.2, -0.15) is 0 Å². The van der Waals surface area contributed by atoms with E-state index in [1.54, 1.807) is 30.2 Å². The summed E-state index contributed by atoms with van der Waals surface area (Å²) in [6.07, 6.45) is 1.62. The van der Waals surface area contributed by atoms with E-state index in [4.69, 9.17) is 4.74 Å². The molecule has 1 aliphatic rings. The van der Waals surface area contributed by atoms with Gasteiger partial charge in [0.05, 0.1) is 12.8 Å². The van der Waals surface area contributed by atoms with Crippen molar-refractivity contribution in [3.05, 3.63) is 60.3 Å². The Hall–Kier alpha value is -2.95. The van der Waals surface area contributed by atoms with E-state index < -0.39 is 5.66 Å². The Labute approximate surface area is 147 Å². The monoisotopic (exact) mass is 338 g/mol. The van der Waals surface area contributed by atoms with E-state index >= 15 is 0 Å². The van der Waals surface area contributed by atoms with E-state index in [0.717, 1.165) is 11.4 Å². The summed E-state index contributed by atoms with van der Waals surface area (Å²) in [5, 5.41) is 9.58. The van der Waals surface area contributed by atoms with Crippen molar-refractivity contribution in [3.63, 3.8) is 0 Å². The molecule has 3 rings (SSSR count). The molecule has 1 heterocycles.